The van der Waals surface area contributed by atoms with Crippen LogP contribution in [0.5, 0.6) is 5.75 Å². The zero-order chi connectivity index (χ0) is 29.2. The average molecular weight is 610 g/mol. The predicted molar refractivity (Wildman–Crippen MR) is 159 cm³/mol. The Hall–Kier alpha value is -1.62. The minimum Gasteiger partial charge on any atom is -0.480 e. The maximum atomic E-state index is 13.5. The number of esters is 1. The van der Waals surface area contributed by atoms with E-state index in [1.807, 2.05) is 6.92 Å². The van der Waals surface area contributed by atoms with E-state index in [0.29, 0.717) is 23.9 Å². The van der Waals surface area contributed by atoms with E-state index in [1.54, 1.807) is 18.2 Å². The van der Waals surface area contributed by atoms with Crippen molar-refractivity contribution in [1.82, 2.24) is 0 Å². The van der Waals surface area contributed by atoms with Crippen LogP contribution in [0.2, 0.25) is 5.02 Å². The third-order valence-electron chi connectivity index (χ3n) is 11.2. The molecule has 1 aromatic carbocycles. The second kappa shape index (κ2) is 11.5. The summed E-state index contributed by atoms with van der Waals surface area (Å²) in [7, 11) is -1.23. The van der Waals surface area contributed by atoms with Crippen molar-refractivity contribution in [3.05, 3.63) is 35.4 Å². The Morgan fingerprint density at radius 3 is 2.68 bits per heavy atom. The molecule has 0 radical (unpaired) electrons. The molecule has 0 spiro atoms. The minimum atomic E-state index is -1.23. The highest BCUT2D eigenvalue weighted by molar-refractivity contribution is 6.65. The third-order valence-corrected chi connectivity index (χ3v) is 11.6. The number of carbonyl (C=O) groups excluding carboxylic acids is 2. The van der Waals surface area contributed by atoms with Crippen molar-refractivity contribution in [1.29, 1.82) is 0 Å². The van der Waals surface area contributed by atoms with Gasteiger partial charge in [0.25, 0.3) is 0 Å². The first-order valence-electron chi connectivity index (χ1n) is 14.4. The highest BCUT2D eigenvalue weighted by Gasteiger charge is 2.68. The first-order valence-corrected chi connectivity index (χ1v) is 14.7. The van der Waals surface area contributed by atoms with Gasteiger partial charge in [0, 0.05) is 35.2 Å². The number of nitrogens with two attached hydrogens (primary N) is 1. The predicted octanol–water partition coefficient (Wildman–Crippen LogP) is 3.76. The van der Waals surface area contributed by atoms with E-state index in [4.69, 9.17) is 31.5 Å². The smallest absolute Gasteiger partial charge is 0.480 e. The van der Waals surface area contributed by atoms with Crippen LogP contribution in [-0.2, 0) is 19.0 Å². The first-order chi connectivity index (χ1) is 18.8. The van der Waals surface area contributed by atoms with Gasteiger partial charge in [-0.2, -0.15) is 0 Å². The lowest BCUT2D eigenvalue weighted by Gasteiger charge is -2.61. The molecule has 226 valence electrons. The van der Waals surface area contributed by atoms with Gasteiger partial charge >= 0.3 is 13.1 Å². The number of halogens is 2. The SMILES string of the molecule is C=C[C@]1(C)C[C@@H](OC(=O)COc2ccc3c(c2Cl)B(O)OC3CN)[C@]2(C)[C@H](C)CC[C@]3(CCC(=O)[C@H]32)[C@@H](C)[C@@H]1O.Cl. The molecule has 3 saturated carbocycles. The fourth-order valence-corrected chi connectivity index (χ4v) is 8.86. The maximum Gasteiger partial charge on any atom is 0.493 e. The zero-order valence-corrected chi connectivity index (χ0v) is 25.8. The Balaban J connectivity index is 0.00000387. The Kier molecular flexibility index (Phi) is 9.04. The molecule has 1 aromatic rings. The zero-order valence-electron chi connectivity index (χ0n) is 24.2. The molecule has 0 aromatic heterocycles. The lowest BCUT2D eigenvalue weighted by atomic mass is 9.44. The van der Waals surface area contributed by atoms with Gasteiger partial charge in [-0.25, -0.2) is 4.79 Å². The van der Waals surface area contributed by atoms with Crippen molar-refractivity contribution in [3.63, 3.8) is 0 Å². The van der Waals surface area contributed by atoms with Crippen LogP contribution in [0.25, 0.3) is 0 Å². The van der Waals surface area contributed by atoms with Gasteiger partial charge < -0.3 is 30.0 Å². The summed E-state index contributed by atoms with van der Waals surface area (Å²) in [5, 5.41) is 22.1. The number of fused-ring (bicyclic) bond motifs is 1. The molecule has 0 saturated heterocycles. The standard InChI is InChI=1S/C30H41BClNO7.ClH/c1-6-28(4)13-22(29(5)16(2)9-11-30(17(3)27(28)36)12-10-19(34)26(29)30)39-23(35)15-38-20-8-7-18-21(14-33)40-31(37)24(18)25(20)32;/h6-8,16-17,21-22,26-27,36-37H,1,9-15,33H2,2-5H3;1H/t16-,17+,21?,22-,26+,27+,28-,29+,30+;/m1./s1. The Bertz CT molecular complexity index is 1220. The van der Waals surface area contributed by atoms with Gasteiger partial charge in [0.05, 0.1) is 17.2 Å². The topological polar surface area (TPSA) is 128 Å². The number of aliphatic hydroxyl groups is 1. The minimum absolute atomic E-state index is 0. The van der Waals surface area contributed by atoms with Crippen LogP contribution in [0, 0.1) is 34.0 Å². The van der Waals surface area contributed by atoms with E-state index >= 15 is 0 Å². The maximum absolute atomic E-state index is 13.5. The molecule has 41 heavy (non-hydrogen) atoms. The molecule has 1 heterocycles. The Morgan fingerprint density at radius 2 is 2.02 bits per heavy atom. The molecule has 3 aliphatic carbocycles. The van der Waals surface area contributed by atoms with Gasteiger partial charge in [0.15, 0.2) is 6.61 Å². The first kappa shape index (κ1) is 32.3. The molecule has 1 aliphatic heterocycles. The van der Waals surface area contributed by atoms with E-state index in [2.05, 4.69) is 27.4 Å². The van der Waals surface area contributed by atoms with Gasteiger partial charge in [-0.1, -0.05) is 51.4 Å². The van der Waals surface area contributed by atoms with E-state index in [0.717, 1.165) is 19.3 Å². The molecule has 0 amide bonds. The summed E-state index contributed by atoms with van der Waals surface area (Å²) in [6, 6.07) is 3.34. The van der Waals surface area contributed by atoms with Crippen LogP contribution in [0.4, 0.5) is 0 Å². The van der Waals surface area contributed by atoms with Crippen molar-refractivity contribution in [3.8, 4) is 5.75 Å². The van der Waals surface area contributed by atoms with Gasteiger partial charge in [0.2, 0.25) is 0 Å². The quantitative estimate of drug-likeness (QED) is 0.253. The number of aliphatic hydroxyl groups excluding tert-OH is 1. The lowest BCUT2D eigenvalue weighted by Crippen LogP contribution is -2.63. The van der Waals surface area contributed by atoms with Gasteiger partial charge in [0.1, 0.15) is 17.6 Å². The van der Waals surface area contributed by atoms with Crippen molar-refractivity contribution in [2.45, 2.75) is 78.1 Å². The summed E-state index contributed by atoms with van der Waals surface area (Å²) < 4.78 is 17.5. The highest BCUT2D eigenvalue weighted by Crippen LogP contribution is 2.68. The lowest BCUT2D eigenvalue weighted by molar-refractivity contribution is -0.207. The number of carbonyl (C=O) groups is 2. The number of hydrogen-bond donors (Lipinski definition) is 3. The normalized spacial score (nSPS) is 39.6. The molecular formula is C30H42BCl2NO7. The number of ether oxygens (including phenoxy) is 2. The summed E-state index contributed by atoms with van der Waals surface area (Å²) in [6.07, 6.45) is 3.27. The summed E-state index contributed by atoms with van der Waals surface area (Å²) in [5.41, 5.74) is 5.14. The van der Waals surface area contributed by atoms with Gasteiger partial charge in [-0.3, -0.25) is 4.79 Å². The van der Waals surface area contributed by atoms with Crippen LogP contribution in [0.15, 0.2) is 24.8 Å². The van der Waals surface area contributed by atoms with E-state index in [9.17, 15) is 19.7 Å². The fourth-order valence-electron chi connectivity index (χ4n) is 8.54. The molecule has 5 rings (SSSR count). The molecule has 4 N–H and O–H groups in total. The molecule has 8 nitrogen and oxygen atoms in total. The van der Waals surface area contributed by atoms with Crippen LogP contribution in [0.3, 0.4) is 0 Å². The molecule has 9 atom stereocenters. The van der Waals surface area contributed by atoms with Gasteiger partial charge in [-0.15, -0.1) is 19.0 Å². The summed E-state index contributed by atoms with van der Waals surface area (Å²) in [6.45, 7) is 12.1. The monoisotopic (exact) mass is 609 g/mol. The van der Waals surface area contributed by atoms with Gasteiger partial charge in [-0.05, 0) is 54.6 Å². The molecule has 2 bridgehead atoms. The molecule has 11 heteroatoms. The molecule has 1 unspecified atom stereocenters. The van der Waals surface area contributed by atoms with E-state index in [1.165, 1.54) is 0 Å². The second-order valence-corrected chi connectivity index (χ2v) is 13.3. The number of hydrogen-bond acceptors (Lipinski definition) is 8. The molecule has 4 aliphatic rings. The Labute approximate surface area is 253 Å². The van der Waals surface area contributed by atoms with Crippen LogP contribution < -0.4 is 15.9 Å². The van der Waals surface area contributed by atoms with E-state index < -0.39 is 48.8 Å². The number of benzene rings is 1. The summed E-state index contributed by atoms with van der Waals surface area (Å²) in [5.74, 6) is -0.441. The third kappa shape index (κ3) is 4.85. The Morgan fingerprint density at radius 1 is 1.32 bits per heavy atom. The average Bonchev–Trinajstić information content (AvgIpc) is 3.46. The highest BCUT2D eigenvalue weighted by atomic mass is 35.5. The fraction of sp³-hybridized carbons (Fsp3) is 0.667. The van der Waals surface area contributed by atoms with Crippen LogP contribution in [-0.4, -0.2) is 54.4 Å². The number of Topliss-reactive ketones (excluding diaryl/α,β-unsaturated/α-hetero) is 1. The van der Waals surface area contributed by atoms with Crippen LogP contribution in [0.1, 0.15) is 71.5 Å². The summed E-state index contributed by atoms with van der Waals surface area (Å²) in [4.78, 5) is 26.9. The number of rotatable bonds is 6. The molecule has 3 fully saturated rings. The number of ketones is 1. The largest absolute Gasteiger partial charge is 0.493 e. The van der Waals surface area contributed by atoms with Crippen molar-refractivity contribution in [2.24, 2.45) is 39.7 Å². The van der Waals surface area contributed by atoms with Crippen molar-refractivity contribution >= 4 is 48.3 Å². The molecular weight excluding hydrogens is 568 g/mol. The van der Waals surface area contributed by atoms with Crippen molar-refractivity contribution < 1.29 is 33.8 Å². The second-order valence-electron chi connectivity index (χ2n) is 12.9. The van der Waals surface area contributed by atoms with Crippen LogP contribution >= 0.6 is 24.0 Å². The summed E-state index contributed by atoms with van der Waals surface area (Å²) >= 11 is 6.52. The van der Waals surface area contributed by atoms with E-state index in [-0.39, 0.29) is 58.7 Å². The van der Waals surface area contributed by atoms with Crippen molar-refractivity contribution in [2.75, 3.05) is 13.2 Å².